The van der Waals surface area contributed by atoms with Gasteiger partial charge in [0.05, 0.1) is 22.2 Å². The van der Waals surface area contributed by atoms with Gasteiger partial charge in [-0.25, -0.2) is 4.98 Å². The van der Waals surface area contributed by atoms with Crippen molar-refractivity contribution in [1.29, 1.82) is 0 Å². The van der Waals surface area contributed by atoms with E-state index in [1.54, 1.807) is 11.3 Å². The first-order valence-electron chi connectivity index (χ1n) is 5.05. The Kier molecular flexibility index (Phi) is 5.99. The van der Waals surface area contributed by atoms with Crippen molar-refractivity contribution in [3.63, 3.8) is 0 Å². The highest BCUT2D eigenvalue weighted by atomic mass is 32.2. The van der Waals surface area contributed by atoms with Gasteiger partial charge in [0.15, 0.2) is 0 Å². The molecule has 7 heteroatoms. The van der Waals surface area contributed by atoms with E-state index >= 15 is 0 Å². The summed E-state index contributed by atoms with van der Waals surface area (Å²) >= 11 is 2.68. The van der Waals surface area contributed by atoms with Crippen LogP contribution in [0.5, 0.6) is 0 Å². The van der Waals surface area contributed by atoms with Crippen LogP contribution in [0, 0.1) is 6.92 Å². The van der Waals surface area contributed by atoms with Crippen LogP contribution in [0.15, 0.2) is 5.38 Å². The molecule has 1 amide bonds. The molecule has 0 spiro atoms. The lowest BCUT2D eigenvalue weighted by Crippen LogP contribution is -2.27. The molecule has 0 radical (unpaired) electrons. The van der Waals surface area contributed by atoms with Crippen LogP contribution in [0.1, 0.15) is 10.7 Å². The summed E-state index contributed by atoms with van der Waals surface area (Å²) < 4.78 is 0. The average Bonchev–Trinajstić information content (AvgIpc) is 2.63. The summed E-state index contributed by atoms with van der Waals surface area (Å²) in [5, 5.41) is 14.1. The Hall–Kier alpha value is -1.08. The molecular weight excluding hydrogens is 260 g/mol. The molecule has 0 aliphatic carbocycles. The van der Waals surface area contributed by atoms with Crippen LogP contribution >= 0.6 is 23.1 Å². The SMILES string of the molecule is Cc1nc(CCNC(=O)CSCC(=O)O)cs1. The predicted octanol–water partition coefficient (Wildman–Crippen LogP) is 0.928. The number of aliphatic carboxylic acids is 1. The standard InChI is InChI=1S/C10H14N2O3S2/c1-7-12-8(4-17-7)2-3-11-9(13)5-16-6-10(14)15/h4H,2-3,5-6H2,1H3,(H,11,13)(H,14,15). The summed E-state index contributed by atoms with van der Waals surface area (Å²) in [5.74, 6) is -0.898. The van der Waals surface area contributed by atoms with Gasteiger partial charge in [-0.15, -0.1) is 23.1 Å². The Balaban J connectivity index is 2.10. The van der Waals surface area contributed by atoms with E-state index in [0.717, 1.165) is 22.5 Å². The lowest BCUT2D eigenvalue weighted by molar-refractivity contribution is -0.133. The molecule has 0 aliphatic rings. The van der Waals surface area contributed by atoms with Gasteiger partial charge >= 0.3 is 5.97 Å². The number of thioether (sulfide) groups is 1. The summed E-state index contributed by atoms with van der Waals surface area (Å²) in [6.07, 6.45) is 0.708. The third kappa shape index (κ3) is 6.28. The van der Waals surface area contributed by atoms with Crippen molar-refractivity contribution < 1.29 is 14.7 Å². The van der Waals surface area contributed by atoms with Crippen LogP contribution in [0.25, 0.3) is 0 Å². The topological polar surface area (TPSA) is 79.3 Å². The van der Waals surface area contributed by atoms with E-state index in [2.05, 4.69) is 10.3 Å². The van der Waals surface area contributed by atoms with Gasteiger partial charge in [0.25, 0.3) is 0 Å². The van der Waals surface area contributed by atoms with Crippen molar-refractivity contribution >= 4 is 35.0 Å². The molecule has 17 heavy (non-hydrogen) atoms. The minimum atomic E-state index is -0.902. The highest BCUT2D eigenvalue weighted by molar-refractivity contribution is 8.00. The zero-order valence-electron chi connectivity index (χ0n) is 9.43. The zero-order chi connectivity index (χ0) is 12.7. The average molecular weight is 274 g/mol. The van der Waals surface area contributed by atoms with Crippen LogP contribution in [-0.2, 0) is 16.0 Å². The van der Waals surface area contributed by atoms with E-state index in [1.165, 1.54) is 0 Å². The first-order chi connectivity index (χ1) is 8.08. The van der Waals surface area contributed by atoms with E-state index in [4.69, 9.17) is 5.11 Å². The molecular formula is C10H14N2O3S2. The molecule has 1 aromatic heterocycles. The van der Waals surface area contributed by atoms with Gasteiger partial charge in [0, 0.05) is 18.3 Å². The molecule has 1 rings (SSSR count). The molecule has 0 atom stereocenters. The van der Waals surface area contributed by atoms with E-state index in [1.807, 2.05) is 12.3 Å². The maximum atomic E-state index is 11.3. The largest absolute Gasteiger partial charge is 0.481 e. The number of amides is 1. The number of rotatable bonds is 7. The number of carbonyl (C=O) groups is 2. The van der Waals surface area contributed by atoms with Gasteiger partial charge in [-0.2, -0.15) is 0 Å². The molecule has 0 saturated carbocycles. The quantitative estimate of drug-likeness (QED) is 0.773. The second-order valence-corrected chi connectivity index (χ2v) is 5.39. The lowest BCUT2D eigenvalue weighted by Gasteiger charge is -2.02. The van der Waals surface area contributed by atoms with Crippen LogP contribution in [-0.4, -0.2) is 40.0 Å². The Morgan fingerprint density at radius 2 is 2.29 bits per heavy atom. The van der Waals surface area contributed by atoms with E-state index in [-0.39, 0.29) is 17.4 Å². The number of carboxylic acids is 1. The first-order valence-corrected chi connectivity index (χ1v) is 7.08. The number of aryl methyl sites for hydroxylation is 1. The Morgan fingerprint density at radius 1 is 1.53 bits per heavy atom. The minimum Gasteiger partial charge on any atom is -0.481 e. The number of aromatic nitrogens is 1. The van der Waals surface area contributed by atoms with E-state index in [0.29, 0.717) is 13.0 Å². The Bertz CT molecular complexity index is 393. The van der Waals surface area contributed by atoms with Crippen molar-refractivity contribution in [2.75, 3.05) is 18.1 Å². The zero-order valence-corrected chi connectivity index (χ0v) is 11.1. The van der Waals surface area contributed by atoms with Crippen LogP contribution < -0.4 is 5.32 Å². The monoisotopic (exact) mass is 274 g/mol. The fourth-order valence-corrected chi connectivity index (χ4v) is 2.35. The van der Waals surface area contributed by atoms with Gasteiger partial charge in [-0.1, -0.05) is 0 Å². The van der Waals surface area contributed by atoms with E-state index < -0.39 is 5.97 Å². The van der Waals surface area contributed by atoms with Gasteiger partial charge in [-0.3, -0.25) is 9.59 Å². The van der Waals surface area contributed by atoms with Gasteiger partial charge in [0.2, 0.25) is 5.91 Å². The summed E-state index contributed by atoms with van der Waals surface area (Å²) in [5.41, 5.74) is 0.978. The van der Waals surface area contributed by atoms with Gasteiger partial charge < -0.3 is 10.4 Å². The summed E-state index contributed by atoms with van der Waals surface area (Å²) in [6.45, 7) is 2.48. The number of carboxylic acid groups (broad SMARTS) is 1. The summed E-state index contributed by atoms with van der Waals surface area (Å²) in [4.78, 5) is 25.8. The fourth-order valence-electron chi connectivity index (χ4n) is 1.14. The molecule has 0 aliphatic heterocycles. The number of nitrogens with zero attached hydrogens (tertiary/aromatic N) is 1. The number of nitrogens with one attached hydrogen (secondary N) is 1. The molecule has 1 aromatic rings. The van der Waals surface area contributed by atoms with Crippen molar-refractivity contribution in [3.8, 4) is 0 Å². The predicted molar refractivity (Wildman–Crippen MR) is 68.5 cm³/mol. The molecule has 0 unspecified atom stereocenters. The molecule has 0 fully saturated rings. The van der Waals surface area contributed by atoms with Crippen molar-refractivity contribution in [3.05, 3.63) is 16.1 Å². The summed E-state index contributed by atoms with van der Waals surface area (Å²) in [7, 11) is 0. The first kappa shape index (κ1) is 14.0. The molecule has 0 saturated heterocycles. The minimum absolute atomic E-state index is 0.0430. The Labute approximate surface area is 108 Å². The number of hydrogen-bond donors (Lipinski definition) is 2. The fraction of sp³-hybridized carbons (Fsp3) is 0.500. The third-order valence-corrected chi connectivity index (χ3v) is 3.57. The highest BCUT2D eigenvalue weighted by Gasteiger charge is 2.04. The van der Waals surface area contributed by atoms with E-state index in [9.17, 15) is 9.59 Å². The van der Waals surface area contributed by atoms with Crippen molar-refractivity contribution in [2.24, 2.45) is 0 Å². The highest BCUT2D eigenvalue weighted by Crippen LogP contribution is 2.07. The molecule has 2 N–H and O–H groups in total. The van der Waals surface area contributed by atoms with Gasteiger partial charge in [-0.05, 0) is 6.92 Å². The smallest absolute Gasteiger partial charge is 0.313 e. The second-order valence-electron chi connectivity index (χ2n) is 3.34. The molecule has 0 bridgehead atoms. The van der Waals surface area contributed by atoms with Crippen molar-refractivity contribution in [2.45, 2.75) is 13.3 Å². The second kappa shape index (κ2) is 7.29. The summed E-state index contributed by atoms with van der Waals surface area (Å²) in [6, 6.07) is 0. The third-order valence-electron chi connectivity index (χ3n) is 1.83. The number of carbonyl (C=O) groups excluding carboxylic acids is 1. The number of hydrogen-bond acceptors (Lipinski definition) is 5. The van der Waals surface area contributed by atoms with Crippen molar-refractivity contribution in [1.82, 2.24) is 10.3 Å². The maximum absolute atomic E-state index is 11.3. The Morgan fingerprint density at radius 3 is 2.88 bits per heavy atom. The number of thiazole rings is 1. The molecule has 0 aromatic carbocycles. The van der Waals surface area contributed by atoms with Crippen LogP contribution in [0.2, 0.25) is 0 Å². The lowest BCUT2D eigenvalue weighted by atomic mass is 10.3. The molecule has 94 valence electrons. The van der Waals surface area contributed by atoms with Crippen LogP contribution in [0.3, 0.4) is 0 Å². The molecule has 1 heterocycles. The maximum Gasteiger partial charge on any atom is 0.313 e. The van der Waals surface area contributed by atoms with Crippen LogP contribution in [0.4, 0.5) is 0 Å². The normalized spacial score (nSPS) is 10.2. The van der Waals surface area contributed by atoms with Gasteiger partial charge in [0.1, 0.15) is 0 Å². The molecule has 5 nitrogen and oxygen atoms in total.